The van der Waals surface area contributed by atoms with Crippen LogP contribution in [0.4, 0.5) is 4.79 Å². The minimum atomic E-state index is -0.386. The van der Waals surface area contributed by atoms with Gasteiger partial charge in [0.2, 0.25) is 0 Å². The van der Waals surface area contributed by atoms with Crippen LogP contribution in [-0.2, 0) is 4.74 Å². The van der Waals surface area contributed by atoms with E-state index in [9.17, 15) is 9.90 Å². The molecule has 1 unspecified atom stereocenters. The first kappa shape index (κ1) is 9.83. The molecule has 1 saturated heterocycles. The first-order valence-electron chi connectivity index (χ1n) is 4.82. The number of phenolic OH excluding ortho intramolecular Hbond substituents is 1. The minimum Gasteiger partial charge on any atom is -0.507 e. The van der Waals surface area contributed by atoms with Gasteiger partial charge in [-0.2, -0.15) is 0 Å². The van der Waals surface area contributed by atoms with Crippen molar-refractivity contribution in [1.82, 2.24) is 5.32 Å². The Bertz CT molecular complexity index is 391. The fraction of sp³-hybridized carbons (Fsp3) is 0.364. The first-order valence-corrected chi connectivity index (χ1v) is 4.82. The SMILES string of the molecule is Cc1cc(C2CNC(=O)O2)cc(C)c1O. The number of cyclic esters (lactones) is 1. The average molecular weight is 207 g/mol. The van der Waals surface area contributed by atoms with E-state index < -0.39 is 0 Å². The predicted octanol–water partition coefficient (Wildman–Crippen LogP) is 1.79. The molecular formula is C11H13NO3. The average Bonchev–Trinajstić information content (AvgIpc) is 2.60. The smallest absolute Gasteiger partial charge is 0.407 e. The van der Waals surface area contributed by atoms with Crippen LogP contribution in [-0.4, -0.2) is 17.7 Å². The van der Waals surface area contributed by atoms with Gasteiger partial charge >= 0.3 is 6.09 Å². The molecule has 0 saturated carbocycles. The van der Waals surface area contributed by atoms with Crippen LogP contribution in [0.3, 0.4) is 0 Å². The van der Waals surface area contributed by atoms with Gasteiger partial charge in [0.25, 0.3) is 0 Å². The molecule has 1 fully saturated rings. The van der Waals surface area contributed by atoms with Gasteiger partial charge in [0.05, 0.1) is 6.54 Å². The highest BCUT2D eigenvalue weighted by Gasteiger charge is 2.24. The zero-order valence-electron chi connectivity index (χ0n) is 8.70. The number of ether oxygens (including phenoxy) is 1. The second kappa shape index (κ2) is 3.46. The Morgan fingerprint density at radius 2 is 2.00 bits per heavy atom. The summed E-state index contributed by atoms with van der Waals surface area (Å²) in [6.45, 7) is 4.15. The molecule has 0 aromatic heterocycles. The van der Waals surface area contributed by atoms with Gasteiger partial charge in [-0.05, 0) is 42.7 Å². The van der Waals surface area contributed by atoms with Gasteiger partial charge in [-0.15, -0.1) is 0 Å². The normalized spacial score (nSPS) is 19.9. The number of benzene rings is 1. The largest absolute Gasteiger partial charge is 0.507 e. The van der Waals surface area contributed by atoms with Gasteiger partial charge in [0, 0.05) is 0 Å². The van der Waals surface area contributed by atoms with E-state index in [4.69, 9.17) is 4.74 Å². The van der Waals surface area contributed by atoms with Gasteiger partial charge in [-0.25, -0.2) is 4.79 Å². The zero-order valence-corrected chi connectivity index (χ0v) is 8.70. The lowest BCUT2D eigenvalue weighted by Crippen LogP contribution is -2.12. The van der Waals surface area contributed by atoms with E-state index in [1.54, 1.807) is 0 Å². The standard InChI is InChI=1S/C11H13NO3/c1-6-3-8(4-7(2)10(6)13)9-5-12-11(14)15-9/h3-4,9,13H,5H2,1-2H3,(H,12,14). The zero-order chi connectivity index (χ0) is 11.0. The van der Waals surface area contributed by atoms with Crippen molar-refractivity contribution in [2.24, 2.45) is 0 Å². The summed E-state index contributed by atoms with van der Waals surface area (Å²) in [4.78, 5) is 10.9. The number of alkyl carbamates (subject to hydrolysis) is 1. The summed E-state index contributed by atoms with van der Waals surface area (Å²) in [7, 11) is 0. The van der Waals surface area contributed by atoms with E-state index in [1.807, 2.05) is 26.0 Å². The van der Waals surface area contributed by atoms with E-state index in [-0.39, 0.29) is 12.2 Å². The topological polar surface area (TPSA) is 58.6 Å². The Morgan fingerprint density at radius 1 is 1.40 bits per heavy atom. The molecule has 1 heterocycles. The lowest BCUT2D eigenvalue weighted by molar-refractivity contribution is 0.141. The van der Waals surface area contributed by atoms with Gasteiger partial charge in [-0.3, -0.25) is 0 Å². The number of hydrogen-bond acceptors (Lipinski definition) is 3. The molecule has 0 radical (unpaired) electrons. The van der Waals surface area contributed by atoms with E-state index in [1.165, 1.54) is 0 Å². The highest BCUT2D eigenvalue weighted by molar-refractivity contribution is 5.69. The van der Waals surface area contributed by atoms with Crippen LogP contribution in [0.15, 0.2) is 12.1 Å². The van der Waals surface area contributed by atoms with Crippen LogP contribution in [0, 0.1) is 13.8 Å². The maximum atomic E-state index is 10.9. The van der Waals surface area contributed by atoms with Crippen molar-refractivity contribution in [1.29, 1.82) is 0 Å². The minimum absolute atomic E-state index is 0.240. The summed E-state index contributed by atoms with van der Waals surface area (Å²) in [5.74, 6) is 0.302. The van der Waals surface area contributed by atoms with Crippen molar-refractivity contribution in [3.05, 3.63) is 28.8 Å². The van der Waals surface area contributed by atoms with Crippen LogP contribution in [0.2, 0.25) is 0 Å². The number of hydrogen-bond donors (Lipinski definition) is 2. The summed E-state index contributed by atoms with van der Waals surface area (Å²) in [5.41, 5.74) is 2.52. The van der Waals surface area contributed by atoms with Crippen molar-refractivity contribution in [3.8, 4) is 5.75 Å². The van der Waals surface area contributed by atoms with Crippen LogP contribution in [0.25, 0.3) is 0 Å². The van der Waals surface area contributed by atoms with E-state index >= 15 is 0 Å². The molecule has 0 aliphatic carbocycles. The molecule has 1 aromatic rings. The molecule has 2 rings (SSSR count). The monoisotopic (exact) mass is 207 g/mol. The van der Waals surface area contributed by atoms with Gasteiger partial charge < -0.3 is 15.2 Å². The third-order valence-corrected chi connectivity index (χ3v) is 2.57. The third kappa shape index (κ3) is 1.75. The summed E-state index contributed by atoms with van der Waals surface area (Å²) in [6, 6.07) is 3.68. The number of aryl methyl sites for hydroxylation is 2. The summed E-state index contributed by atoms with van der Waals surface area (Å²) >= 11 is 0. The molecule has 1 aliphatic heterocycles. The molecule has 1 amide bonds. The Morgan fingerprint density at radius 3 is 2.47 bits per heavy atom. The third-order valence-electron chi connectivity index (χ3n) is 2.57. The van der Waals surface area contributed by atoms with Crippen LogP contribution in [0.1, 0.15) is 22.8 Å². The molecule has 4 nitrogen and oxygen atoms in total. The lowest BCUT2D eigenvalue weighted by atomic mass is 10.0. The number of phenols is 1. The van der Waals surface area contributed by atoms with E-state index in [2.05, 4.69) is 5.32 Å². The Labute approximate surface area is 87.9 Å². The molecule has 4 heteroatoms. The molecule has 1 atom stereocenters. The van der Waals surface area contributed by atoms with Crippen LogP contribution in [0.5, 0.6) is 5.75 Å². The van der Waals surface area contributed by atoms with Gasteiger partial charge in [-0.1, -0.05) is 0 Å². The number of carbonyl (C=O) groups is 1. The molecule has 1 aliphatic rings. The molecule has 2 N–H and O–H groups in total. The molecule has 0 spiro atoms. The first-order chi connectivity index (χ1) is 7.08. The molecule has 80 valence electrons. The van der Waals surface area contributed by atoms with Crippen LogP contribution >= 0.6 is 0 Å². The van der Waals surface area contributed by atoms with Crippen LogP contribution < -0.4 is 5.32 Å². The number of aromatic hydroxyl groups is 1. The summed E-state index contributed by atoms with van der Waals surface area (Å²) < 4.78 is 5.07. The Kier molecular flexibility index (Phi) is 2.26. The number of nitrogens with one attached hydrogen (secondary N) is 1. The van der Waals surface area contributed by atoms with Crippen molar-refractivity contribution < 1.29 is 14.6 Å². The van der Waals surface area contributed by atoms with E-state index in [0.717, 1.165) is 16.7 Å². The Hall–Kier alpha value is -1.71. The van der Waals surface area contributed by atoms with Crippen molar-refractivity contribution >= 4 is 6.09 Å². The maximum absolute atomic E-state index is 10.9. The van der Waals surface area contributed by atoms with Gasteiger partial charge in [0.1, 0.15) is 11.9 Å². The van der Waals surface area contributed by atoms with Crippen molar-refractivity contribution in [2.45, 2.75) is 20.0 Å². The van der Waals surface area contributed by atoms with Crippen molar-refractivity contribution in [2.75, 3.05) is 6.54 Å². The van der Waals surface area contributed by atoms with E-state index in [0.29, 0.717) is 12.3 Å². The second-order valence-electron chi connectivity index (χ2n) is 3.78. The van der Waals surface area contributed by atoms with Crippen molar-refractivity contribution in [3.63, 3.8) is 0 Å². The molecule has 15 heavy (non-hydrogen) atoms. The summed E-state index contributed by atoms with van der Waals surface area (Å²) in [6.07, 6.45) is -0.626. The molecule has 0 bridgehead atoms. The quantitative estimate of drug-likeness (QED) is 0.738. The highest BCUT2D eigenvalue weighted by Crippen LogP contribution is 2.28. The maximum Gasteiger partial charge on any atom is 0.407 e. The number of rotatable bonds is 1. The fourth-order valence-corrected chi connectivity index (χ4v) is 1.75. The fourth-order valence-electron chi connectivity index (χ4n) is 1.75. The lowest BCUT2D eigenvalue weighted by Gasteiger charge is -2.11. The Balaban J connectivity index is 2.33. The molecule has 1 aromatic carbocycles. The number of carbonyl (C=O) groups excluding carboxylic acids is 1. The second-order valence-corrected chi connectivity index (χ2v) is 3.78. The summed E-state index contributed by atoms with van der Waals surface area (Å²) in [5, 5.41) is 12.2. The predicted molar refractivity (Wildman–Crippen MR) is 54.8 cm³/mol. The molecular weight excluding hydrogens is 194 g/mol. The van der Waals surface area contributed by atoms with Gasteiger partial charge in [0.15, 0.2) is 0 Å². The highest BCUT2D eigenvalue weighted by atomic mass is 16.6. The number of amides is 1.